The minimum atomic E-state index is -1.51. The third kappa shape index (κ3) is 9.64. The first-order valence-electron chi connectivity index (χ1n) is 11.5. The molecule has 1 aliphatic heterocycles. The first-order chi connectivity index (χ1) is 17.1. The zero-order valence-corrected chi connectivity index (χ0v) is 20.7. The van der Waals surface area contributed by atoms with E-state index in [9.17, 15) is 38.7 Å². The summed E-state index contributed by atoms with van der Waals surface area (Å²) in [7, 11) is 0. The van der Waals surface area contributed by atoms with Crippen molar-refractivity contribution in [2.75, 3.05) is 13.1 Å². The average molecular weight is 531 g/mol. The SMILES string of the molecule is C[C@H](NC(=O)[C@@H]1CCCN1C(=O)CNC(=O)[C@@H](NC(=O)[C@H](C)NC(=O)[C@@H](N)CC(=O)O)[C@@H](C)O)C(=O)O. The Hall–Kier alpha value is -3.79. The molecule has 1 aliphatic rings. The minimum Gasteiger partial charge on any atom is -0.481 e. The van der Waals surface area contributed by atoms with E-state index in [-0.39, 0.29) is 6.54 Å². The van der Waals surface area contributed by atoms with E-state index >= 15 is 0 Å². The number of likely N-dealkylation sites (tertiary alicyclic amines) is 1. The van der Waals surface area contributed by atoms with E-state index in [1.54, 1.807) is 0 Å². The highest BCUT2D eigenvalue weighted by Crippen LogP contribution is 2.17. The van der Waals surface area contributed by atoms with Crippen molar-refractivity contribution < 1.29 is 48.9 Å². The average Bonchev–Trinajstić information content (AvgIpc) is 3.29. The number of carbonyl (C=O) groups is 7. The Labute approximate surface area is 212 Å². The number of aliphatic hydroxyl groups is 1. The Kier molecular flexibility index (Phi) is 11.9. The van der Waals surface area contributed by atoms with Crippen molar-refractivity contribution >= 4 is 41.5 Å². The van der Waals surface area contributed by atoms with Crippen molar-refractivity contribution in [2.24, 2.45) is 5.73 Å². The standard InChI is InChI=1S/C21H34N6O10/c1-9(24-18(33)12(22)7-15(30)31)17(32)26-16(11(3)28)20(35)23-8-14(29)27-6-4-5-13(27)19(34)25-10(2)21(36)37/h9-13,16,28H,4-8,22H2,1-3H3,(H,23,35)(H,24,33)(H,25,34)(H,26,32)(H,30,31)(H,36,37)/t9-,10-,11+,12-,13-,16-/m0/s1. The van der Waals surface area contributed by atoms with Gasteiger partial charge in [-0.1, -0.05) is 0 Å². The number of aliphatic hydroxyl groups excluding tert-OH is 1. The molecule has 0 spiro atoms. The predicted octanol–water partition coefficient (Wildman–Crippen LogP) is -4.14. The van der Waals surface area contributed by atoms with Crippen LogP contribution in [0.25, 0.3) is 0 Å². The van der Waals surface area contributed by atoms with Crippen LogP contribution in [0.4, 0.5) is 0 Å². The zero-order valence-electron chi connectivity index (χ0n) is 20.7. The first kappa shape index (κ1) is 31.2. The van der Waals surface area contributed by atoms with Crippen LogP contribution >= 0.6 is 0 Å². The maximum absolute atomic E-state index is 12.6. The lowest BCUT2D eigenvalue weighted by Crippen LogP contribution is -2.58. The highest BCUT2D eigenvalue weighted by molar-refractivity contribution is 5.95. The highest BCUT2D eigenvalue weighted by Gasteiger charge is 2.36. The Balaban J connectivity index is 2.69. The number of nitrogens with zero attached hydrogens (tertiary/aromatic N) is 1. The molecular weight excluding hydrogens is 496 g/mol. The molecule has 0 aromatic carbocycles. The third-order valence-corrected chi connectivity index (χ3v) is 5.56. The number of carboxylic acid groups (broad SMARTS) is 2. The van der Waals surface area contributed by atoms with Gasteiger partial charge >= 0.3 is 11.9 Å². The van der Waals surface area contributed by atoms with Crippen LogP contribution in [0.5, 0.6) is 0 Å². The third-order valence-electron chi connectivity index (χ3n) is 5.56. The number of nitrogens with one attached hydrogen (secondary N) is 4. The molecule has 6 atom stereocenters. The Morgan fingerprint density at radius 2 is 1.54 bits per heavy atom. The van der Waals surface area contributed by atoms with Crippen molar-refractivity contribution in [3.63, 3.8) is 0 Å². The van der Waals surface area contributed by atoms with E-state index in [2.05, 4.69) is 21.3 Å². The summed E-state index contributed by atoms with van der Waals surface area (Å²) >= 11 is 0. The number of nitrogens with two attached hydrogens (primary N) is 1. The first-order valence-corrected chi connectivity index (χ1v) is 11.5. The minimum absolute atomic E-state index is 0.214. The molecular formula is C21H34N6O10. The smallest absolute Gasteiger partial charge is 0.325 e. The molecule has 5 amide bonds. The summed E-state index contributed by atoms with van der Waals surface area (Å²) < 4.78 is 0. The largest absolute Gasteiger partial charge is 0.481 e. The van der Waals surface area contributed by atoms with Gasteiger partial charge in [-0.15, -0.1) is 0 Å². The number of aliphatic carboxylic acids is 2. The summed E-state index contributed by atoms with van der Waals surface area (Å²) in [5, 5.41) is 36.6. The molecule has 9 N–H and O–H groups in total. The van der Waals surface area contributed by atoms with Crippen molar-refractivity contribution in [1.29, 1.82) is 0 Å². The van der Waals surface area contributed by atoms with Gasteiger partial charge in [0.25, 0.3) is 0 Å². The van der Waals surface area contributed by atoms with Crippen LogP contribution in [0.15, 0.2) is 0 Å². The maximum Gasteiger partial charge on any atom is 0.325 e. The molecule has 208 valence electrons. The van der Waals surface area contributed by atoms with E-state index in [0.717, 1.165) is 0 Å². The maximum atomic E-state index is 12.6. The molecule has 0 aliphatic carbocycles. The Morgan fingerprint density at radius 3 is 2.08 bits per heavy atom. The molecule has 1 saturated heterocycles. The molecule has 37 heavy (non-hydrogen) atoms. The van der Waals surface area contributed by atoms with E-state index in [1.807, 2.05) is 0 Å². The van der Waals surface area contributed by atoms with Gasteiger partial charge in [0.15, 0.2) is 0 Å². The lowest BCUT2D eigenvalue weighted by molar-refractivity contribution is -0.143. The monoisotopic (exact) mass is 530 g/mol. The van der Waals surface area contributed by atoms with Crippen LogP contribution in [-0.4, -0.2) is 111 Å². The Morgan fingerprint density at radius 1 is 0.919 bits per heavy atom. The fourth-order valence-corrected chi connectivity index (χ4v) is 3.43. The number of hydrogen-bond donors (Lipinski definition) is 8. The summed E-state index contributed by atoms with van der Waals surface area (Å²) in [5.41, 5.74) is 5.43. The van der Waals surface area contributed by atoms with Gasteiger partial charge in [0, 0.05) is 6.54 Å². The number of carbonyl (C=O) groups excluding carboxylic acids is 5. The summed E-state index contributed by atoms with van der Waals surface area (Å²) in [6, 6.07) is -6.21. The van der Waals surface area contributed by atoms with Gasteiger partial charge in [0.1, 0.15) is 24.2 Å². The van der Waals surface area contributed by atoms with Crippen LogP contribution in [0.3, 0.4) is 0 Å². The van der Waals surface area contributed by atoms with Crippen LogP contribution in [0.2, 0.25) is 0 Å². The van der Waals surface area contributed by atoms with Gasteiger partial charge in [0.05, 0.1) is 25.1 Å². The van der Waals surface area contributed by atoms with Crippen molar-refractivity contribution in [3.8, 4) is 0 Å². The van der Waals surface area contributed by atoms with Crippen LogP contribution in [0, 0.1) is 0 Å². The summed E-state index contributed by atoms with van der Waals surface area (Å²) in [5.74, 6) is -6.52. The van der Waals surface area contributed by atoms with Gasteiger partial charge in [0.2, 0.25) is 29.5 Å². The van der Waals surface area contributed by atoms with Gasteiger partial charge in [-0.3, -0.25) is 33.6 Å². The van der Waals surface area contributed by atoms with Gasteiger partial charge in [-0.25, -0.2) is 0 Å². The fraction of sp³-hybridized carbons (Fsp3) is 0.667. The molecule has 0 unspecified atom stereocenters. The summed E-state index contributed by atoms with van der Waals surface area (Å²) in [4.78, 5) is 84.7. The predicted molar refractivity (Wildman–Crippen MR) is 124 cm³/mol. The van der Waals surface area contributed by atoms with Crippen LogP contribution < -0.4 is 27.0 Å². The van der Waals surface area contributed by atoms with E-state index in [0.29, 0.717) is 12.8 Å². The zero-order chi connectivity index (χ0) is 28.4. The van der Waals surface area contributed by atoms with Crippen LogP contribution in [0.1, 0.15) is 40.0 Å². The van der Waals surface area contributed by atoms with Crippen molar-refractivity contribution in [3.05, 3.63) is 0 Å². The Bertz CT molecular complexity index is 910. The fourth-order valence-electron chi connectivity index (χ4n) is 3.43. The molecule has 16 heteroatoms. The molecule has 0 radical (unpaired) electrons. The topological polar surface area (TPSA) is 258 Å². The number of rotatable bonds is 13. The van der Waals surface area contributed by atoms with Crippen molar-refractivity contribution in [1.82, 2.24) is 26.2 Å². The molecule has 1 fully saturated rings. The highest BCUT2D eigenvalue weighted by atomic mass is 16.4. The second kappa shape index (κ2) is 14.1. The molecule has 1 rings (SSSR count). The summed E-state index contributed by atoms with van der Waals surface area (Å²) in [6.45, 7) is 3.40. The molecule has 0 aromatic rings. The molecule has 0 aromatic heterocycles. The second-order valence-corrected chi connectivity index (χ2v) is 8.69. The van der Waals surface area contributed by atoms with E-state index < -0.39 is 90.8 Å². The van der Waals surface area contributed by atoms with Crippen molar-refractivity contribution in [2.45, 2.75) is 76.3 Å². The number of amides is 5. The summed E-state index contributed by atoms with van der Waals surface area (Å²) in [6.07, 6.45) is -1.26. The van der Waals surface area contributed by atoms with Gasteiger partial charge in [-0.05, 0) is 33.6 Å². The lowest BCUT2D eigenvalue weighted by Gasteiger charge is -2.26. The van der Waals surface area contributed by atoms with Gasteiger partial charge < -0.3 is 47.2 Å². The van der Waals surface area contributed by atoms with Crippen LogP contribution in [-0.2, 0) is 33.6 Å². The molecule has 0 saturated carbocycles. The number of hydrogen-bond acceptors (Lipinski definition) is 9. The quantitative estimate of drug-likeness (QED) is 0.113. The molecule has 16 nitrogen and oxygen atoms in total. The molecule has 0 bridgehead atoms. The second-order valence-electron chi connectivity index (χ2n) is 8.69. The molecule has 1 heterocycles. The van der Waals surface area contributed by atoms with E-state index in [4.69, 9.17) is 15.9 Å². The van der Waals surface area contributed by atoms with E-state index in [1.165, 1.54) is 25.7 Å². The normalized spacial score (nSPS) is 18.9. The lowest BCUT2D eigenvalue weighted by atomic mass is 10.1. The number of carboxylic acids is 2. The van der Waals surface area contributed by atoms with Gasteiger partial charge in [-0.2, -0.15) is 0 Å².